The molecule has 2 rings (SSSR count). The highest BCUT2D eigenvalue weighted by Crippen LogP contribution is 2.15. The van der Waals surface area contributed by atoms with E-state index < -0.39 is 0 Å². The van der Waals surface area contributed by atoms with Crippen LogP contribution < -0.4 is 5.32 Å². The first kappa shape index (κ1) is 17.2. The van der Waals surface area contributed by atoms with E-state index in [0.717, 1.165) is 17.5 Å². The van der Waals surface area contributed by atoms with Gasteiger partial charge in [0.05, 0.1) is 12.5 Å². The number of halogens is 1. The summed E-state index contributed by atoms with van der Waals surface area (Å²) in [5.74, 6) is -0.355. The smallest absolute Gasteiger partial charge is 0.224 e. The van der Waals surface area contributed by atoms with Crippen LogP contribution in [0, 0.1) is 5.82 Å². The van der Waals surface area contributed by atoms with Gasteiger partial charge < -0.3 is 10.1 Å². The molecular weight excluding hydrogens is 293 g/mol. The SMILES string of the molecule is CC(OCCCNC(=O)Cc1ccc(F)cc1)c1ccccc1. The van der Waals surface area contributed by atoms with E-state index in [1.807, 2.05) is 37.3 Å². The van der Waals surface area contributed by atoms with E-state index in [1.54, 1.807) is 12.1 Å². The molecule has 0 saturated carbocycles. The standard InChI is InChI=1S/C19H22FNO2/c1-15(17-6-3-2-4-7-17)23-13-5-12-21-19(22)14-16-8-10-18(20)11-9-16/h2-4,6-11,15H,5,12-14H2,1H3,(H,21,22). The number of ether oxygens (including phenoxy) is 1. The second-order valence-electron chi connectivity index (χ2n) is 5.43. The summed E-state index contributed by atoms with van der Waals surface area (Å²) < 4.78 is 18.5. The van der Waals surface area contributed by atoms with E-state index in [1.165, 1.54) is 12.1 Å². The first-order chi connectivity index (χ1) is 11.1. The Morgan fingerprint density at radius 2 is 1.83 bits per heavy atom. The van der Waals surface area contributed by atoms with Gasteiger partial charge in [0.15, 0.2) is 0 Å². The van der Waals surface area contributed by atoms with Crippen LogP contribution in [-0.2, 0) is 16.0 Å². The summed E-state index contributed by atoms with van der Waals surface area (Å²) in [5, 5.41) is 2.85. The van der Waals surface area contributed by atoms with Crippen molar-refractivity contribution in [1.29, 1.82) is 0 Å². The molecule has 1 amide bonds. The molecular formula is C19H22FNO2. The monoisotopic (exact) mass is 315 g/mol. The number of nitrogens with one attached hydrogen (secondary N) is 1. The summed E-state index contributed by atoms with van der Waals surface area (Å²) in [4.78, 5) is 11.8. The molecule has 3 nitrogen and oxygen atoms in total. The Morgan fingerprint density at radius 1 is 1.13 bits per heavy atom. The van der Waals surface area contributed by atoms with Crippen LogP contribution in [-0.4, -0.2) is 19.1 Å². The maximum Gasteiger partial charge on any atom is 0.224 e. The van der Waals surface area contributed by atoms with Gasteiger partial charge in [0.25, 0.3) is 0 Å². The van der Waals surface area contributed by atoms with Crippen molar-refractivity contribution >= 4 is 5.91 Å². The van der Waals surface area contributed by atoms with Crippen molar-refractivity contribution in [1.82, 2.24) is 5.32 Å². The third-order valence-electron chi connectivity index (χ3n) is 3.56. The zero-order chi connectivity index (χ0) is 16.5. The molecule has 0 spiro atoms. The van der Waals surface area contributed by atoms with E-state index in [4.69, 9.17) is 4.74 Å². The topological polar surface area (TPSA) is 38.3 Å². The van der Waals surface area contributed by atoms with E-state index in [0.29, 0.717) is 13.2 Å². The van der Waals surface area contributed by atoms with E-state index in [2.05, 4.69) is 5.32 Å². The fourth-order valence-electron chi connectivity index (χ4n) is 2.23. The van der Waals surface area contributed by atoms with Gasteiger partial charge in [0.2, 0.25) is 5.91 Å². The number of carbonyl (C=O) groups excluding carboxylic acids is 1. The van der Waals surface area contributed by atoms with Gasteiger partial charge in [0, 0.05) is 13.2 Å². The van der Waals surface area contributed by atoms with Crippen molar-refractivity contribution in [2.24, 2.45) is 0 Å². The minimum atomic E-state index is -0.293. The Hall–Kier alpha value is -2.20. The maximum atomic E-state index is 12.8. The van der Waals surface area contributed by atoms with Crippen LogP contribution in [0.15, 0.2) is 54.6 Å². The summed E-state index contributed by atoms with van der Waals surface area (Å²) in [6.07, 6.45) is 1.07. The summed E-state index contributed by atoms with van der Waals surface area (Å²) >= 11 is 0. The van der Waals surface area contributed by atoms with Crippen LogP contribution in [0.25, 0.3) is 0 Å². The Balaban J connectivity index is 1.60. The molecule has 1 N–H and O–H groups in total. The zero-order valence-corrected chi connectivity index (χ0v) is 13.3. The molecule has 0 heterocycles. The predicted octanol–water partition coefficient (Wildman–Crippen LogP) is 3.65. The Morgan fingerprint density at radius 3 is 2.52 bits per heavy atom. The van der Waals surface area contributed by atoms with Crippen LogP contribution in [0.2, 0.25) is 0 Å². The van der Waals surface area contributed by atoms with E-state index in [9.17, 15) is 9.18 Å². The molecule has 4 heteroatoms. The molecule has 0 aliphatic carbocycles. The van der Waals surface area contributed by atoms with Crippen LogP contribution >= 0.6 is 0 Å². The van der Waals surface area contributed by atoms with Gasteiger partial charge in [-0.3, -0.25) is 4.79 Å². The second-order valence-corrected chi connectivity index (χ2v) is 5.43. The minimum absolute atomic E-state index is 0.0473. The van der Waals surface area contributed by atoms with Crippen molar-refractivity contribution in [3.8, 4) is 0 Å². The highest BCUT2D eigenvalue weighted by molar-refractivity contribution is 5.78. The molecule has 23 heavy (non-hydrogen) atoms. The highest BCUT2D eigenvalue weighted by Gasteiger charge is 2.05. The molecule has 0 aliphatic rings. The molecule has 0 aromatic heterocycles. The summed E-state index contributed by atoms with van der Waals surface area (Å²) in [7, 11) is 0. The number of hydrogen-bond donors (Lipinski definition) is 1. The molecule has 1 unspecified atom stereocenters. The summed E-state index contributed by atoms with van der Waals surface area (Å²) in [6.45, 7) is 3.18. The molecule has 0 radical (unpaired) electrons. The van der Waals surface area contributed by atoms with Gasteiger partial charge in [-0.2, -0.15) is 0 Å². The van der Waals surface area contributed by atoms with Crippen LogP contribution in [0.4, 0.5) is 4.39 Å². The number of rotatable bonds is 8. The first-order valence-electron chi connectivity index (χ1n) is 7.83. The quantitative estimate of drug-likeness (QED) is 0.755. The second kappa shape index (κ2) is 9.06. The molecule has 2 aromatic rings. The van der Waals surface area contributed by atoms with E-state index in [-0.39, 0.29) is 24.2 Å². The van der Waals surface area contributed by atoms with Crippen molar-refractivity contribution in [3.05, 3.63) is 71.5 Å². The van der Waals surface area contributed by atoms with Gasteiger partial charge in [0.1, 0.15) is 5.82 Å². The van der Waals surface area contributed by atoms with E-state index >= 15 is 0 Å². The molecule has 0 saturated heterocycles. The van der Waals surface area contributed by atoms with Gasteiger partial charge in [-0.1, -0.05) is 42.5 Å². The molecule has 0 aliphatic heterocycles. The predicted molar refractivity (Wildman–Crippen MR) is 88.5 cm³/mol. The van der Waals surface area contributed by atoms with Crippen molar-refractivity contribution in [2.75, 3.05) is 13.2 Å². The lowest BCUT2D eigenvalue weighted by Crippen LogP contribution is -2.26. The summed E-state index contributed by atoms with van der Waals surface area (Å²) in [6, 6.07) is 16.0. The molecule has 0 bridgehead atoms. The summed E-state index contributed by atoms with van der Waals surface area (Å²) in [5.41, 5.74) is 1.95. The van der Waals surface area contributed by atoms with Gasteiger partial charge >= 0.3 is 0 Å². The van der Waals surface area contributed by atoms with Crippen molar-refractivity contribution < 1.29 is 13.9 Å². The third kappa shape index (κ3) is 6.20. The maximum absolute atomic E-state index is 12.8. The number of carbonyl (C=O) groups is 1. The normalized spacial score (nSPS) is 11.9. The first-order valence-corrected chi connectivity index (χ1v) is 7.83. The number of hydrogen-bond acceptors (Lipinski definition) is 2. The fourth-order valence-corrected chi connectivity index (χ4v) is 2.23. The number of amides is 1. The van der Waals surface area contributed by atoms with Crippen LogP contribution in [0.5, 0.6) is 0 Å². The Labute approximate surface area is 136 Å². The van der Waals surface area contributed by atoms with Crippen LogP contribution in [0.3, 0.4) is 0 Å². The Kier molecular flexibility index (Phi) is 6.76. The Bertz CT molecular complexity index is 599. The molecule has 0 fully saturated rings. The highest BCUT2D eigenvalue weighted by atomic mass is 19.1. The molecule has 2 aromatic carbocycles. The van der Waals surface area contributed by atoms with Crippen molar-refractivity contribution in [3.63, 3.8) is 0 Å². The van der Waals surface area contributed by atoms with Crippen LogP contribution in [0.1, 0.15) is 30.6 Å². The van der Waals surface area contributed by atoms with Gasteiger partial charge in [-0.25, -0.2) is 4.39 Å². The van der Waals surface area contributed by atoms with Gasteiger partial charge in [-0.15, -0.1) is 0 Å². The van der Waals surface area contributed by atoms with Crippen molar-refractivity contribution in [2.45, 2.75) is 25.9 Å². The largest absolute Gasteiger partial charge is 0.374 e. The van der Waals surface area contributed by atoms with Gasteiger partial charge in [-0.05, 0) is 36.6 Å². The minimum Gasteiger partial charge on any atom is -0.374 e. The third-order valence-corrected chi connectivity index (χ3v) is 3.56. The fraction of sp³-hybridized carbons (Fsp3) is 0.316. The average Bonchev–Trinajstić information content (AvgIpc) is 2.57. The number of benzene rings is 2. The lowest BCUT2D eigenvalue weighted by atomic mass is 10.1. The molecule has 122 valence electrons. The lowest BCUT2D eigenvalue weighted by Gasteiger charge is -2.13. The zero-order valence-electron chi connectivity index (χ0n) is 13.3. The molecule has 1 atom stereocenters. The average molecular weight is 315 g/mol. The lowest BCUT2D eigenvalue weighted by molar-refractivity contribution is -0.120.